The van der Waals surface area contributed by atoms with Crippen molar-refractivity contribution in [1.29, 1.82) is 0 Å². The average Bonchev–Trinajstić information content (AvgIpc) is 1.32. The molecule has 0 atom stereocenters. The second-order valence-corrected chi connectivity index (χ2v) is 24.9. The summed E-state index contributed by atoms with van der Waals surface area (Å²) >= 11 is 0. The van der Waals surface area contributed by atoms with Gasteiger partial charge in [-0.3, -0.25) is 0 Å². The second-order valence-electron chi connectivity index (χ2n) is 24.9. The van der Waals surface area contributed by atoms with E-state index in [0.29, 0.717) is 5.82 Å². The quantitative estimate of drug-likeness (QED) is 0.142. The van der Waals surface area contributed by atoms with Crippen LogP contribution in [0.5, 0.6) is 0 Å². The van der Waals surface area contributed by atoms with Gasteiger partial charge in [0.15, 0.2) is 5.82 Å². The van der Waals surface area contributed by atoms with Crippen molar-refractivity contribution >= 4 is 120 Å². The van der Waals surface area contributed by atoms with Crippen LogP contribution in [0.4, 0.5) is 0 Å². The van der Waals surface area contributed by atoms with Gasteiger partial charge in [0.2, 0.25) is 0 Å². The molecule has 6 heteroatoms. The van der Waals surface area contributed by atoms with Gasteiger partial charge >= 0.3 is 0 Å². The minimum atomic E-state index is 0.678. The van der Waals surface area contributed by atoms with Crippen LogP contribution in [0.1, 0.15) is 0 Å². The van der Waals surface area contributed by atoms with Gasteiger partial charge in [-0.05, 0) is 148 Å². The topological polar surface area (TPSA) is 45.5 Å². The van der Waals surface area contributed by atoms with Crippen molar-refractivity contribution in [2.24, 2.45) is 0 Å². The summed E-state index contributed by atoms with van der Waals surface area (Å²) in [6.07, 6.45) is 0. The summed E-state index contributed by atoms with van der Waals surface area (Å²) in [7, 11) is 0. The van der Waals surface area contributed by atoms with Crippen molar-refractivity contribution in [3.8, 4) is 67.6 Å². The molecule has 0 unspecified atom stereocenters. The molecule has 0 aliphatic rings. The van der Waals surface area contributed by atoms with E-state index in [-0.39, 0.29) is 0 Å². The molecule has 6 nitrogen and oxygen atoms in total. The highest BCUT2D eigenvalue weighted by Gasteiger charge is 2.21. The van der Waals surface area contributed by atoms with Gasteiger partial charge in [-0.2, -0.15) is 0 Å². The zero-order valence-corrected chi connectivity index (χ0v) is 50.9. The third-order valence-electron chi connectivity index (χ3n) is 19.7. The van der Waals surface area contributed by atoms with E-state index in [0.717, 1.165) is 105 Å². The van der Waals surface area contributed by atoms with E-state index in [1.807, 2.05) is 0 Å². The smallest absolute Gasteiger partial charge is 0.160 e. The van der Waals surface area contributed by atoms with Crippen LogP contribution in [0, 0.1) is 0 Å². The van der Waals surface area contributed by atoms with E-state index in [1.165, 1.54) is 76.3 Å². The lowest BCUT2D eigenvalue weighted by atomic mass is 10.0. The summed E-state index contributed by atoms with van der Waals surface area (Å²) in [5.41, 5.74) is 22.3. The summed E-state index contributed by atoms with van der Waals surface area (Å²) in [5, 5.41) is 15.3. The van der Waals surface area contributed by atoms with Crippen LogP contribution >= 0.6 is 0 Å². The summed E-state index contributed by atoms with van der Waals surface area (Å²) in [6, 6.07) is 120. The first-order valence-corrected chi connectivity index (χ1v) is 32.2. The molecule has 0 saturated carbocycles. The van der Waals surface area contributed by atoms with Gasteiger partial charge in [0.1, 0.15) is 0 Å². The fourth-order valence-corrected chi connectivity index (χ4v) is 15.4. The van der Waals surface area contributed by atoms with E-state index >= 15 is 0 Å². The minimum Gasteiger partial charge on any atom is -0.309 e. The Morgan fingerprint density at radius 3 is 1.00 bits per heavy atom. The zero-order chi connectivity index (χ0) is 61.5. The van der Waals surface area contributed by atoms with Crippen LogP contribution in [0.15, 0.2) is 328 Å². The normalized spacial score (nSPS) is 12.0. The SMILES string of the molecule is c1ccc(-n2c3ccccc3c3ccc(-c4ccc5c6ccccc6n(-c6ccc(-c7nc(-c8ccc9ccc(-n%10c%11ccccc%11c%11ccc(-c%12ccc%13c%14ccccc%14n(-c%14ccccc%14)c%13c%12)cc%11%10)cc9c8)nc8c7ccc7ccccc78)cc6)c5c4)cc32)cc1. The molecule has 20 aromatic rings. The van der Waals surface area contributed by atoms with Crippen molar-refractivity contribution in [3.63, 3.8) is 0 Å². The lowest BCUT2D eigenvalue weighted by Gasteiger charge is -2.14. The van der Waals surface area contributed by atoms with Crippen LogP contribution in [0.2, 0.25) is 0 Å². The maximum absolute atomic E-state index is 5.57. The first-order chi connectivity index (χ1) is 46.6. The second kappa shape index (κ2) is 20.4. The molecule has 0 N–H and O–H groups in total. The molecule has 0 amide bonds. The molecule has 0 fully saturated rings. The molecule has 20 rings (SSSR count). The molecule has 5 aromatic heterocycles. The van der Waals surface area contributed by atoms with E-state index in [2.05, 4.69) is 346 Å². The van der Waals surface area contributed by atoms with Crippen molar-refractivity contribution in [3.05, 3.63) is 328 Å². The highest BCUT2D eigenvalue weighted by molar-refractivity contribution is 6.15. The van der Waals surface area contributed by atoms with Crippen LogP contribution in [0.25, 0.3) is 187 Å². The monoisotopic (exact) mass is 1190 g/mol. The average molecular weight is 1200 g/mol. The number of hydrogen-bond donors (Lipinski definition) is 0. The van der Waals surface area contributed by atoms with Crippen molar-refractivity contribution < 1.29 is 0 Å². The van der Waals surface area contributed by atoms with Gasteiger partial charge < -0.3 is 18.3 Å². The van der Waals surface area contributed by atoms with E-state index in [4.69, 9.17) is 9.97 Å². The molecule has 5 heterocycles. The Morgan fingerprint density at radius 1 is 0.181 bits per heavy atom. The first kappa shape index (κ1) is 52.2. The zero-order valence-electron chi connectivity index (χ0n) is 50.9. The van der Waals surface area contributed by atoms with Crippen molar-refractivity contribution in [2.45, 2.75) is 0 Å². The van der Waals surface area contributed by atoms with Gasteiger partial charge in [-0.1, -0.05) is 218 Å². The van der Waals surface area contributed by atoms with Crippen LogP contribution in [0.3, 0.4) is 0 Å². The number of aromatic nitrogens is 6. The standard InChI is InChI=1S/C88H54N6/c1-3-18-64(19-4-1)91-78-27-13-9-23-69(78)73-44-37-58(51-82(73)91)60-39-46-75-71-25-11-15-29-80(71)93(84(75)53-60)66-41-34-57(35-42-66)86-77-48-36-56-17-7-8-22-68(56)87(77)90-88(89-86)62-32-31-55-33-43-67(50-63(55)49-62)94-81-30-16-12-26-72(81)76-47-40-61(54-85(76)94)59-38-45-74-70-24-10-14-28-79(70)92(83(74)52-59)65-20-5-2-6-21-65/h1-54H. The number of rotatable bonds is 8. The number of nitrogens with zero attached hydrogens (tertiary/aromatic N) is 6. The summed E-state index contributed by atoms with van der Waals surface area (Å²) in [5.74, 6) is 0.678. The molecule has 0 radical (unpaired) electrons. The van der Waals surface area contributed by atoms with Crippen molar-refractivity contribution in [2.75, 3.05) is 0 Å². The summed E-state index contributed by atoms with van der Waals surface area (Å²) < 4.78 is 9.65. The molecular weight excluding hydrogens is 1140 g/mol. The molecule has 0 bridgehead atoms. The first-order valence-electron chi connectivity index (χ1n) is 32.2. The fraction of sp³-hybridized carbons (Fsp3) is 0. The van der Waals surface area contributed by atoms with Gasteiger partial charge in [0, 0.05) is 87.7 Å². The third kappa shape index (κ3) is 7.96. The van der Waals surface area contributed by atoms with Crippen LogP contribution in [-0.2, 0) is 0 Å². The van der Waals surface area contributed by atoms with E-state index in [1.54, 1.807) is 0 Å². The lowest BCUT2D eigenvalue weighted by molar-refractivity contribution is 1.18. The van der Waals surface area contributed by atoms with Crippen molar-refractivity contribution in [1.82, 2.24) is 28.2 Å². The molecule has 0 aliphatic carbocycles. The highest BCUT2D eigenvalue weighted by Crippen LogP contribution is 2.43. The van der Waals surface area contributed by atoms with Gasteiger partial charge in [0.25, 0.3) is 0 Å². The Balaban J connectivity index is 0.696. The Kier molecular flexibility index (Phi) is 11.3. The summed E-state index contributed by atoms with van der Waals surface area (Å²) in [6.45, 7) is 0. The Labute approximate surface area is 540 Å². The van der Waals surface area contributed by atoms with E-state index < -0.39 is 0 Å². The molecule has 94 heavy (non-hydrogen) atoms. The third-order valence-corrected chi connectivity index (χ3v) is 19.7. The number of benzene rings is 15. The predicted octanol–water partition coefficient (Wildman–Crippen LogP) is 23.0. The number of fused-ring (bicyclic) bond motifs is 16. The Hall–Kier alpha value is -12.6. The fourth-order valence-electron chi connectivity index (χ4n) is 15.4. The van der Waals surface area contributed by atoms with E-state index in [9.17, 15) is 0 Å². The Bertz CT molecular complexity index is 6520. The number of hydrogen-bond acceptors (Lipinski definition) is 2. The van der Waals surface area contributed by atoms with Crippen LogP contribution in [-0.4, -0.2) is 28.2 Å². The van der Waals surface area contributed by atoms with Crippen LogP contribution < -0.4 is 0 Å². The molecule has 0 aliphatic heterocycles. The maximum atomic E-state index is 5.57. The lowest BCUT2D eigenvalue weighted by Crippen LogP contribution is -1.98. The molecule has 0 saturated heterocycles. The van der Waals surface area contributed by atoms with Gasteiger partial charge in [-0.15, -0.1) is 0 Å². The molecular formula is C88H54N6. The maximum Gasteiger partial charge on any atom is 0.160 e. The van der Waals surface area contributed by atoms with Gasteiger partial charge in [0.05, 0.1) is 55.3 Å². The van der Waals surface area contributed by atoms with Gasteiger partial charge in [-0.25, -0.2) is 9.97 Å². The number of para-hydroxylation sites is 6. The predicted molar refractivity (Wildman–Crippen MR) is 394 cm³/mol. The molecule has 15 aromatic carbocycles. The molecule has 436 valence electrons. The molecule has 0 spiro atoms. The minimum absolute atomic E-state index is 0.678. The summed E-state index contributed by atoms with van der Waals surface area (Å²) in [4.78, 5) is 11.1. The largest absolute Gasteiger partial charge is 0.309 e. The Morgan fingerprint density at radius 2 is 0.521 bits per heavy atom. The highest BCUT2D eigenvalue weighted by atomic mass is 15.0.